The molecule has 50 valence electrons. The fourth-order valence-electron chi connectivity index (χ4n) is 0.467. The van der Waals surface area contributed by atoms with Crippen LogP contribution in [0.15, 0.2) is 22.6 Å². The van der Waals surface area contributed by atoms with Crippen LogP contribution in [0.4, 0.5) is 0 Å². The first-order valence-electron chi connectivity index (χ1n) is 5.41. The highest BCUT2D eigenvalue weighted by Gasteiger charge is 1.95. The van der Waals surface area contributed by atoms with Crippen molar-refractivity contribution >= 4 is 15.9 Å². The van der Waals surface area contributed by atoms with E-state index in [2.05, 4.69) is 15.9 Å². The van der Waals surface area contributed by atoms with Crippen LogP contribution >= 0.6 is 15.9 Å². The molecular weight excluding hydrogens is 190 g/mol. The summed E-state index contributed by atoms with van der Waals surface area (Å²) >= 11 is 2.89. The molecule has 0 amide bonds. The van der Waals surface area contributed by atoms with Gasteiger partial charge >= 0.3 is 0 Å². The maximum absolute atomic E-state index is 8.82. The van der Waals surface area contributed by atoms with Gasteiger partial charge in [0.05, 0.1) is 15.7 Å². The zero-order chi connectivity index (χ0) is 12.7. The van der Waals surface area contributed by atoms with E-state index in [0.29, 0.717) is 0 Å². The van der Waals surface area contributed by atoms with Crippen molar-refractivity contribution in [2.24, 2.45) is 0 Å². The number of hydrogen-bond acceptors (Lipinski definition) is 1. The third kappa shape index (κ3) is 1.37. The molecule has 0 aromatic heterocycles. The van der Waals surface area contributed by atoms with Gasteiger partial charge in [-0.05, 0) is 24.5 Å². The van der Waals surface area contributed by atoms with Crippen molar-refractivity contribution in [3.8, 4) is 6.07 Å². The molecule has 0 atom stereocenters. The van der Waals surface area contributed by atoms with Crippen LogP contribution < -0.4 is 0 Å². The summed E-state index contributed by atoms with van der Waals surface area (Å²) in [5, 5.41) is 8.82. The van der Waals surface area contributed by atoms with E-state index < -0.39 is 24.5 Å². The first kappa shape index (κ1) is 2.67. The Kier molecular flexibility index (Phi) is 0.761. The Morgan fingerprint density at radius 2 is 2.60 bits per heavy atom. The standard InChI is InChI=1S/C8H6BrN/c1-6-2-3-8(9)4-7(6)5-10/h2-4H,1H3/i1D3,2D,3D,4D. The summed E-state index contributed by atoms with van der Waals surface area (Å²) in [5.41, 5.74) is -0.916. The molecule has 0 radical (unpaired) electrons. The quantitative estimate of drug-likeness (QED) is 0.634. The smallest absolute Gasteiger partial charge is 0.0994 e. The maximum Gasteiger partial charge on any atom is 0.0994 e. The number of halogens is 1. The number of rotatable bonds is 0. The predicted octanol–water partition coefficient (Wildman–Crippen LogP) is 2.63. The first-order chi connectivity index (χ1) is 7.21. The van der Waals surface area contributed by atoms with Crippen molar-refractivity contribution in [3.63, 3.8) is 0 Å². The molecule has 1 aromatic rings. The van der Waals surface area contributed by atoms with Crippen LogP contribution in [0.5, 0.6) is 0 Å². The van der Waals surface area contributed by atoms with Crippen molar-refractivity contribution in [1.82, 2.24) is 0 Å². The lowest BCUT2D eigenvalue weighted by Crippen LogP contribution is -1.79. The van der Waals surface area contributed by atoms with Crippen molar-refractivity contribution < 1.29 is 8.22 Å². The van der Waals surface area contributed by atoms with Crippen molar-refractivity contribution in [3.05, 3.63) is 33.7 Å². The normalized spacial score (nSPS) is 18.8. The zero-order valence-corrected chi connectivity index (χ0v) is 6.41. The highest BCUT2D eigenvalue weighted by molar-refractivity contribution is 9.10. The Labute approximate surface area is 76.9 Å². The highest BCUT2D eigenvalue weighted by atomic mass is 79.9. The topological polar surface area (TPSA) is 23.8 Å². The zero-order valence-electron chi connectivity index (χ0n) is 10.8. The second-order valence-corrected chi connectivity index (χ2v) is 2.34. The monoisotopic (exact) mass is 201 g/mol. The second kappa shape index (κ2) is 2.85. The molecule has 0 saturated heterocycles. The van der Waals surface area contributed by atoms with Gasteiger partial charge in [0, 0.05) is 8.58 Å². The molecule has 1 nitrogen and oxygen atoms in total. The Balaban J connectivity index is 3.81. The molecule has 0 saturated carbocycles. The summed E-state index contributed by atoms with van der Waals surface area (Å²) < 4.78 is 44.1. The van der Waals surface area contributed by atoms with E-state index in [9.17, 15) is 0 Å². The van der Waals surface area contributed by atoms with Gasteiger partial charge in [-0.25, -0.2) is 0 Å². The summed E-state index contributed by atoms with van der Waals surface area (Å²) in [5.74, 6) is 0. The van der Waals surface area contributed by atoms with Gasteiger partial charge in [-0.3, -0.25) is 0 Å². The van der Waals surface area contributed by atoms with Gasteiger partial charge < -0.3 is 0 Å². The second-order valence-electron chi connectivity index (χ2n) is 1.55. The Morgan fingerprint density at radius 3 is 3.20 bits per heavy atom. The Morgan fingerprint density at radius 1 is 1.80 bits per heavy atom. The van der Waals surface area contributed by atoms with Gasteiger partial charge in [-0.1, -0.05) is 22.0 Å². The van der Waals surface area contributed by atoms with Crippen molar-refractivity contribution in [2.45, 2.75) is 6.85 Å². The number of benzene rings is 1. The first-order valence-corrected chi connectivity index (χ1v) is 3.21. The predicted molar refractivity (Wildman–Crippen MR) is 43.6 cm³/mol. The molecule has 10 heavy (non-hydrogen) atoms. The lowest BCUT2D eigenvalue weighted by molar-refractivity contribution is 1.38. The molecule has 1 rings (SSSR count). The summed E-state index contributed by atoms with van der Waals surface area (Å²) in [6, 6.07) is 0.297. The van der Waals surface area contributed by atoms with E-state index in [-0.39, 0.29) is 16.1 Å². The lowest BCUT2D eigenvalue weighted by atomic mass is 10.1. The largest absolute Gasteiger partial charge is 0.192 e. The van der Waals surface area contributed by atoms with Crippen LogP contribution in [0.3, 0.4) is 0 Å². The van der Waals surface area contributed by atoms with Gasteiger partial charge in [0.1, 0.15) is 0 Å². The minimum absolute atomic E-state index is 0.0398. The fourth-order valence-corrected chi connectivity index (χ4v) is 0.765. The third-order valence-corrected chi connectivity index (χ3v) is 1.29. The van der Waals surface area contributed by atoms with Gasteiger partial charge in [0.15, 0.2) is 0 Å². The molecule has 0 N–H and O–H groups in total. The van der Waals surface area contributed by atoms with Crippen LogP contribution in [-0.4, -0.2) is 0 Å². The molecule has 0 aliphatic heterocycles. The summed E-state index contributed by atoms with van der Waals surface area (Å²) in [6.07, 6.45) is 0. The summed E-state index contributed by atoms with van der Waals surface area (Å²) in [6.45, 7) is -2.67. The Hall–Kier alpha value is -0.810. The van der Waals surface area contributed by atoms with Gasteiger partial charge in [-0.2, -0.15) is 5.26 Å². The van der Waals surface area contributed by atoms with Gasteiger partial charge in [0.2, 0.25) is 0 Å². The highest BCUT2D eigenvalue weighted by Crippen LogP contribution is 2.14. The molecule has 0 aliphatic carbocycles. The van der Waals surface area contributed by atoms with Gasteiger partial charge in [-0.15, -0.1) is 0 Å². The van der Waals surface area contributed by atoms with E-state index in [1.54, 1.807) is 6.07 Å². The molecule has 0 unspecified atom stereocenters. The van der Waals surface area contributed by atoms with E-state index in [4.69, 9.17) is 13.5 Å². The molecule has 0 bridgehead atoms. The van der Waals surface area contributed by atoms with E-state index in [1.807, 2.05) is 0 Å². The van der Waals surface area contributed by atoms with Crippen LogP contribution in [0.1, 0.15) is 19.4 Å². The van der Waals surface area contributed by atoms with Gasteiger partial charge in [0.25, 0.3) is 0 Å². The molecule has 1 aromatic carbocycles. The van der Waals surface area contributed by atoms with E-state index in [1.165, 1.54) is 0 Å². The van der Waals surface area contributed by atoms with E-state index >= 15 is 0 Å². The SMILES string of the molecule is [2H]c1c([2H])c(C([2H])([2H])[2H])c(C#N)c([2H])c1Br. The maximum atomic E-state index is 8.82. The van der Waals surface area contributed by atoms with Crippen LogP contribution in [0.25, 0.3) is 0 Å². The lowest BCUT2D eigenvalue weighted by Gasteiger charge is -1.94. The number of nitriles is 1. The molecule has 0 heterocycles. The van der Waals surface area contributed by atoms with Crippen molar-refractivity contribution in [1.29, 1.82) is 5.26 Å². The minimum Gasteiger partial charge on any atom is -0.192 e. The molecule has 0 fully saturated rings. The summed E-state index contributed by atoms with van der Waals surface area (Å²) in [4.78, 5) is 0. The number of hydrogen-bond donors (Lipinski definition) is 0. The molecule has 0 spiro atoms. The fraction of sp³-hybridized carbons (Fsp3) is 0.125. The Bertz CT molecular complexity index is 487. The number of nitrogens with zero attached hydrogens (tertiary/aromatic N) is 1. The summed E-state index contributed by atoms with van der Waals surface area (Å²) in [7, 11) is 0. The minimum atomic E-state index is -2.67. The average Bonchev–Trinajstić information content (AvgIpc) is 2.18. The molecular formula is C8H6BrN. The van der Waals surface area contributed by atoms with Crippen LogP contribution in [-0.2, 0) is 0 Å². The molecule has 0 aliphatic rings. The van der Waals surface area contributed by atoms with E-state index in [0.717, 1.165) is 0 Å². The third-order valence-electron chi connectivity index (χ3n) is 0.894. The average molecular weight is 202 g/mol. The van der Waals surface area contributed by atoms with Crippen LogP contribution in [0, 0.1) is 18.2 Å². The van der Waals surface area contributed by atoms with Crippen LogP contribution in [0.2, 0.25) is 0 Å². The van der Waals surface area contributed by atoms with Crippen molar-refractivity contribution in [2.75, 3.05) is 0 Å². The molecule has 2 heteroatoms.